The molecule has 7 nitrogen and oxygen atoms in total. The molecule has 1 aliphatic rings. The molecule has 4 rings (SSSR count). The predicted octanol–water partition coefficient (Wildman–Crippen LogP) is 5.28. The molecule has 0 aliphatic heterocycles. The van der Waals surface area contributed by atoms with Gasteiger partial charge in [-0.05, 0) is 61.7 Å². The van der Waals surface area contributed by atoms with Crippen LogP contribution < -0.4 is 14.9 Å². The fourth-order valence-corrected chi connectivity index (χ4v) is 5.42. The van der Waals surface area contributed by atoms with Crippen LogP contribution >= 0.6 is 0 Å². The molecule has 0 bridgehead atoms. The van der Waals surface area contributed by atoms with Crippen LogP contribution in [-0.4, -0.2) is 32.5 Å². The maximum absolute atomic E-state index is 13.0. The standard InChI is InChI=1S/C29H33N3O4S/c1-21-12-14-22(15-13-21)20-32(37(2,35)36)25-18-16-23(17-19-25)28(33)31-27-11-7-6-10-26(27)29(34)30-24-8-4-3-5-9-24/h6-7,10-19,24H,3-5,8-9,20H2,1-2H3,(H,30,34)(H,31,33). The molecule has 194 valence electrons. The number of nitrogens with one attached hydrogen (secondary N) is 2. The molecule has 0 heterocycles. The fraction of sp³-hybridized carbons (Fsp3) is 0.310. The summed E-state index contributed by atoms with van der Waals surface area (Å²) in [7, 11) is -3.55. The van der Waals surface area contributed by atoms with Crippen LogP contribution in [-0.2, 0) is 16.6 Å². The zero-order valence-electron chi connectivity index (χ0n) is 21.2. The molecule has 0 atom stereocenters. The first kappa shape index (κ1) is 26.4. The van der Waals surface area contributed by atoms with Gasteiger partial charge in [-0.3, -0.25) is 13.9 Å². The summed E-state index contributed by atoms with van der Waals surface area (Å²) in [6, 6.07) is 21.2. The molecule has 0 aromatic heterocycles. The van der Waals surface area contributed by atoms with Crippen LogP contribution in [0, 0.1) is 6.92 Å². The molecule has 0 unspecified atom stereocenters. The van der Waals surface area contributed by atoms with Crippen molar-refractivity contribution in [2.75, 3.05) is 15.9 Å². The van der Waals surface area contributed by atoms with E-state index in [9.17, 15) is 18.0 Å². The van der Waals surface area contributed by atoms with Gasteiger partial charge in [-0.15, -0.1) is 0 Å². The van der Waals surface area contributed by atoms with E-state index < -0.39 is 10.0 Å². The van der Waals surface area contributed by atoms with E-state index >= 15 is 0 Å². The van der Waals surface area contributed by atoms with Gasteiger partial charge in [-0.2, -0.15) is 0 Å². The first-order valence-corrected chi connectivity index (χ1v) is 14.4. The van der Waals surface area contributed by atoms with Gasteiger partial charge in [0.1, 0.15) is 0 Å². The molecule has 1 aliphatic carbocycles. The van der Waals surface area contributed by atoms with Gasteiger partial charge in [-0.25, -0.2) is 8.42 Å². The lowest BCUT2D eigenvalue weighted by molar-refractivity contribution is 0.0928. The number of hydrogen-bond donors (Lipinski definition) is 2. The number of carbonyl (C=O) groups is 2. The minimum atomic E-state index is -3.55. The number of carbonyl (C=O) groups excluding carboxylic acids is 2. The molecular weight excluding hydrogens is 486 g/mol. The maximum atomic E-state index is 13.0. The second-order valence-electron chi connectivity index (χ2n) is 9.61. The minimum Gasteiger partial charge on any atom is -0.349 e. The molecule has 2 amide bonds. The highest BCUT2D eigenvalue weighted by molar-refractivity contribution is 7.92. The van der Waals surface area contributed by atoms with Gasteiger partial charge in [0.15, 0.2) is 0 Å². The Labute approximate surface area is 218 Å². The summed E-state index contributed by atoms with van der Waals surface area (Å²) in [4.78, 5) is 25.9. The van der Waals surface area contributed by atoms with Crippen molar-refractivity contribution < 1.29 is 18.0 Å². The molecule has 2 N–H and O–H groups in total. The summed E-state index contributed by atoms with van der Waals surface area (Å²) in [6.45, 7) is 2.16. The second-order valence-corrected chi connectivity index (χ2v) is 11.5. The highest BCUT2D eigenvalue weighted by Crippen LogP contribution is 2.23. The Morgan fingerprint density at radius 2 is 1.51 bits per heavy atom. The van der Waals surface area contributed by atoms with Gasteiger partial charge in [-0.1, -0.05) is 61.2 Å². The van der Waals surface area contributed by atoms with Crippen LogP contribution in [0.25, 0.3) is 0 Å². The number of hydrogen-bond acceptors (Lipinski definition) is 4. The van der Waals surface area contributed by atoms with Gasteiger partial charge in [0.2, 0.25) is 10.0 Å². The lowest BCUT2D eigenvalue weighted by Crippen LogP contribution is -2.36. The van der Waals surface area contributed by atoms with Crippen molar-refractivity contribution in [1.29, 1.82) is 0 Å². The predicted molar refractivity (Wildman–Crippen MR) is 147 cm³/mol. The van der Waals surface area contributed by atoms with Crippen LogP contribution in [0.2, 0.25) is 0 Å². The van der Waals surface area contributed by atoms with Gasteiger partial charge in [0.25, 0.3) is 11.8 Å². The number of anilines is 2. The lowest BCUT2D eigenvalue weighted by atomic mass is 9.95. The van der Waals surface area contributed by atoms with E-state index in [0.29, 0.717) is 22.5 Å². The molecule has 0 saturated heterocycles. The quantitative estimate of drug-likeness (QED) is 0.424. The van der Waals surface area contributed by atoms with E-state index in [1.54, 1.807) is 48.5 Å². The number of aryl methyl sites for hydroxylation is 1. The average molecular weight is 520 g/mol. The third-order valence-electron chi connectivity index (χ3n) is 6.62. The van der Waals surface area contributed by atoms with Gasteiger partial charge in [0.05, 0.1) is 29.7 Å². The number of nitrogens with zero attached hydrogens (tertiary/aromatic N) is 1. The van der Waals surface area contributed by atoms with Crippen LogP contribution in [0.15, 0.2) is 72.8 Å². The highest BCUT2D eigenvalue weighted by atomic mass is 32.2. The van der Waals surface area contributed by atoms with Crippen molar-refractivity contribution in [3.05, 3.63) is 95.1 Å². The van der Waals surface area contributed by atoms with E-state index in [2.05, 4.69) is 10.6 Å². The summed E-state index contributed by atoms with van der Waals surface area (Å²) < 4.78 is 26.3. The summed E-state index contributed by atoms with van der Waals surface area (Å²) in [5, 5.41) is 5.93. The van der Waals surface area contributed by atoms with E-state index in [0.717, 1.165) is 43.1 Å². The first-order valence-electron chi connectivity index (χ1n) is 12.6. The molecule has 3 aromatic rings. The van der Waals surface area contributed by atoms with E-state index in [4.69, 9.17) is 0 Å². The van der Waals surface area contributed by atoms with E-state index in [1.807, 2.05) is 31.2 Å². The Bertz CT molecular complexity index is 1350. The van der Waals surface area contributed by atoms with Crippen molar-refractivity contribution in [2.45, 2.75) is 51.6 Å². The monoisotopic (exact) mass is 519 g/mol. The third kappa shape index (κ3) is 6.98. The average Bonchev–Trinajstić information content (AvgIpc) is 2.88. The topological polar surface area (TPSA) is 95.6 Å². The molecule has 3 aromatic carbocycles. The third-order valence-corrected chi connectivity index (χ3v) is 7.77. The molecule has 0 radical (unpaired) electrons. The summed E-state index contributed by atoms with van der Waals surface area (Å²) in [5.41, 5.74) is 3.63. The molecule has 1 saturated carbocycles. The molecular formula is C29H33N3O4S. The van der Waals surface area contributed by atoms with Crippen molar-refractivity contribution in [3.8, 4) is 0 Å². The van der Waals surface area contributed by atoms with Crippen LogP contribution in [0.5, 0.6) is 0 Å². The van der Waals surface area contributed by atoms with Crippen molar-refractivity contribution in [3.63, 3.8) is 0 Å². The number of sulfonamides is 1. The second kappa shape index (κ2) is 11.6. The Hall–Kier alpha value is -3.65. The van der Waals surface area contributed by atoms with Crippen molar-refractivity contribution in [2.24, 2.45) is 0 Å². The van der Waals surface area contributed by atoms with Gasteiger partial charge >= 0.3 is 0 Å². The molecule has 8 heteroatoms. The normalized spacial score (nSPS) is 14.1. The summed E-state index contributed by atoms with van der Waals surface area (Å²) in [6.07, 6.45) is 6.53. The number of para-hydroxylation sites is 1. The molecule has 0 spiro atoms. The SMILES string of the molecule is Cc1ccc(CN(c2ccc(C(=O)Nc3ccccc3C(=O)NC3CCCCC3)cc2)S(C)(=O)=O)cc1. The largest absolute Gasteiger partial charge is 0.349 e. The van der Waals surface area contributed by atoms with Crippen molar-refractivity contribution >= 4 is 33.2 Å². The van der Waals surface area contributed by atoms with Gasteiger partial charge < -0.3 is 10.6 Å². The number of amides is 2. The van der Waals surface area contributed by atoms with E-state index in [1.165, 1.54) is 10.7 Å². The zero-order chi connectivity index (χ0) is 26.4. The Kier molecular flexibility index (Phi) is 8.28. The first-order chi connectivity index (χ1) is 17.7. The number of rotatable bonds is 8. The van der Waals surface area contributed by atoms with Gasteiger partial charge in [0, 0.05) is 11.6 Å². The Morgan fingerprint density at radius 1 is 0.865 bits per heavy atom. The lowest BCUT2D eigenvalue weighted by Gasteiger charge is -2.23. The Balaban J connectivity index is 1.48. The van der Waals surface area contributed by atoms with Crippen LogP contribution in [0.1, 0.15) is 63.9 Å². The molecule has 1 fully saturated rings. The Morgan fingerprint density at radius 3 is 2.16 bits per heavy atom. The summed E-state index contributed by atoms with van der Waals surface area (Å²) in [5.74, 6) is -0.577. The van der Waals surface area contributed by atoms with Crippen LogP contribution in [0.4, 0.5) is 11.4 Å². The number of benzene rings is 3. The zero-order valence-corrected chi connectivity index (χ0v) is 22.1. The minimum absolute atomic E-state index is 0.162. The molecule has 37 heavy (non-hydrogen) atoms. The fourth-order valence-electron chi connectivity index (χ4n) is 4.53. The van der Waals surface area contributed by atoms with Crippen molar-refractivity contribution in [1.82, 2.24) is 5.32 Å². The highest BCUT2D eigenvalue weighted by Gasteiger charge is 2.21. The maximum Gasteiger partial charge on any atom is 0.255 e. The summed E-state index contributed by atoms with van der Waals surface area (Å²) >= 11 is 0. The van der Waals surface area contributed by atoms with Crippen LogP contribution in [0.3, 0.4) is 0 Å². The van der Waals surface area contributed by atoms with E-state index in [-0.39, 0.29) is 24.4 Å². The smallest absolute Gasteiger partial charge is 0.255 e.